The number of hydrogen-bond donors (Lipinski definition) is 1. The summed E-state index contributed by atoms with van der Waals surface area (Å²) >= 11 is 0.848. The molecule has 0 aromatic carbocycles. The van der Waals surface area contributed by atoms with Gasteiger partial charge < -0.3 is 10.2 Å². The summed E-state index contributed by atoms with van der Waals surface area (Å²) in [6, 6.07) is 0. The number of nitrogens with zero attached hydrogens (tertiary/aromatic N) is 3. The Kier molecular flexibility index (Phi) is 4.32. The average Bonchev–Trinajstić information content (AvgIpc) is 2.63. The lowest BCUT2D eigenvalue weighted by molar-refractivity contribution is -0.380. The van der Waals surface area contributed by atoms with Crippen molar-refractivity contribution in [1.29, 1.82) is 0 Å². The van der Waals surface area contributed by atoms with E-state index < -0.39 is 4.92 Å². The third-order valence-electron chi connectivity index (χ3n) is 1.71. The molecular formula is C8H12N4O3S. The smallest absolute Gasteiger partial charge is 0.309 e. The molecule has 0 aliphatic heterocycles. The van der Waals surface area contributed by atoms with Gasteiger partial charge in [0.1, 0.15) is 6.20 Å². The molecule has 1 rings (SSSR count). The van der Waals surface area contributed by atoms with Crippen molar-refractivity contribution in [3.05, 3.63) is 16.3 Å². The summed E-state index contributed by atoms with van der Waals surface area (Å²) in [5, 5.41) is 13.1. The normalized spacial score (nSPS) is 10.4. The highest BCUT2D eigenvalue weighted by Crippen LogP contribution is 2.24. The molecule has 7 nitrogen and oxygen atoms in total. The Morgan fingerprint density at radius 3 is 2.88 bits per heavy atom. The van der Waals surface area contributed by atoms with Crippen LogP contribution in [0.25, 0.3) is 0 Å². The molecule has 8 heteroatoms. The number of nitrogens with one attached hydrogen (secondary N) is 1. The summed E-state index contributed by atoms with van der Waals surface area (Å²) in [4.78, 5) is 26.8. The minimum atomic E-state index is -0.535. The van der Waals surface area contributed by atoms with Gasteiger partial charge in [-0.2, -0.15) is 0 Å². The molecule has 1 amide bonds. The predicted octanol–water partition coefficient (Wildman–Crippen LogP) is 0.941. The fourth-order valence-corrected chi connectivity index (χ4v) is 1.56. The summed E-state index contributed by atoms with van der Waals surface area (Å²) in [5.74, 6) is -0.196. The van der Waals surface area contributed by atoms with Crippen molar-refractivity contribution in [3.8, 4) is 0 Å². The van der Waals surface area contributed by atoms with Gasteiger partial charge in [0.25, 0.3) is 0 Å². The SMILES string of the molecule is CN(C)CCC(=O)Nc1ncc([N+](=O)[O-])s1. The van der Waals surface area contributed by atoms with E-state index in [1.807, 2.05) is 19.0 Å². The van der Waals surface area contributed by atoms with Gasteiger partial charge in [-0.25, -0.2) is 4.98 Å². The molecule has 0 spiro atoms. The second-order valence-corrected chi connectivity index (χ2v) is 4.37. The molecule has 0 aliphatic carbocycles. The third-order valence-corrected chi connectivity index (χ3v) is 2.57. The van der Waals surface area contributed by atoms with Crippen LogP contribution in [0.15, 0.2) is 6.20 Å². The van der Waals surface area contributed by atoms with Gasteiger partial charge in [0.15, 0.2) is 5.13 Å². The minimum absolute atomic E-state index is 0.0806. The van der Waals surface area contributed by atoms with E-state index >= 15 is 0 Å². The first kappa shape index (κ1) is 12.5. The van der Waals surface area contributed by atoms with Crippen LogP contribution in [0.2, 0.25) is 0 Å². The molecular weight excluding hydrogens is 232 g/mol. The van der Waals surface area contributed by atoms with Crippen molar-refractivity contribution in [2.24, 2.45) is 0 Å². The Hall–Kier alpha value is -1.54. The number of carbonyl (C=O) groups is 1. The molecule has 0 unspecified atom stereocenters. The van der Waals surface area contributed by atoms with Gasteiger partial charge in [0, 0.05) is 13.0 Å². The summed E-state index contributed by atoms with van der Waals surface area (Å²) in [6.07, 6.45) is 1.46. The first-order chi connectivity index (χ1) is 7.49. The van der Waals surface area contributed by atoms with E-state index in [1.54, 1.807) is 0 Å². The van der Waals surface area contributed by atoms with Crippen LogP contribution in [0.1, 0.15) is 6.42 Å². The summed E-state index contributed by atoms with van der Waals surface area (Å²) in [5.41, 5.74) is 0. The number of anilines is 1. The topological polar surface area (TPSA) is 88.4 Å². The van der Waals surface area contributed by atoms with Crippen LogP contribution in [0.5, 0.6) is 0 Å². The maximum Gasteiger partial charge on any atom is 0.345 e. The number of nitro groups is 1. The Bertz CT molecular complexity index is 390. The van der Waals surface area contributed by atoms with Crippen molar-refractivity contribution in [3.63, 3.8) is 0 Å². The molecule has 88 valence electrons. The highest BCUT2D eigenvalue weighted by molar-refractivity contribution is 7.18. The van der Waals surface area contributed by atoms with Gasteiger partial charge in [-0.05, 0) is 25.4 Å². The molecule has 1 aromatic rings. The van der Waals surface area contributed by atoms with Crippen LogP contribution in [-0.4, -0.2) is 41.4 Å². The van der Waals surface area contributed by atoms with E-state index in [4.69, 9.17) is 0 Å². The molecule has 0 fully saturated rings. The largest absolute Gasteiger partial charge is 0.345 e. The van der Waals surface area contributed by atoms with Crippen molar-refractivity contribution >= 4 is 27.4 Å². The van der Waals surface area contributed by atoms with Crippen LogP contribution in [-0.2, 0) is 4.79 Å². The first-order valence-corrected chi connectivity index (χ1v) is 5.35. The maximum atomic E-state index is 11.4. The third kappa shape index (κ3) is 3.91. The summed E-state index contributed by atoms with van der Waals surface area (Å²) in [6.45, 7) is 0.624. The van der Waals surface area contributed by atoms with Crippen molar-refractivity contribution < 1.29 is 9.72 Å². The molecule has 0 bridgehead atoms. The molecule has 0 radical (unpaired) electrons. The molecule has 1 aromatic heterocycles. The highest BCUT2D eigenvalue weighted by Gasteiger charge is 2.13. The van der Waals surface area contributed by atoms with Crippen LogP contribution >= 0.6 is 11.3 Å². The molecule has 1 N–H and O–H groups in total. The highest BCUT2D eigenvalue weighted by atomic mass is 32.1. The lowest BCUT2D eigenvalue weighted by Gasteiger charge is -2.07. The van der Waals surface area contributed by atoms with E-state index in [0.717, 1.165) is 17.5 Å². The Morgan fingerprint density at radius 2 is 2.38 bits per heavy atom. The predicted molar refractivity (Wildman–Crippen MR) is 60.6 cm³/mol. The zero-order valence-corrected chi connectivity index (χ0v) is 9.78. The van der Waals surface area contributed by atoms with E-state index in [1.165, 1.54) is 0 Å². The van der Waals surface area contributed by atoms with E-state index in [2.05, 4.69) is 10.3 Å². The molecule has 0 aliphatic rings. The summed E-state index contributed by atoms with van der Waals surface area (Å²) in [7, 11) is 3.73. The van der Waals surface area contributed by atoms with Gasteiger partial charge in [0.05, 0.1) is 4.92 Å². The quantitative estimate of drug-likeness (QED) is 0.615. The minimum Gasteiger partial charge on any atom is -0.309 e. The van der Waals surface area contributed by atoms with E-state index in [9.17, 15) is 14.9 Å². The average molecular weight is 244 g/mol. The Morgan fingerprint density at radius 1 is 1.69 bits per heavy atom. The zero-order chi connectivity index (χ0) is 12.1. The van der Waals surface area contributed by atoms with Crippen LogP contribution in [0.3, 0.4) is 0 Å². The van der Waals surface area contributed by atoms with Crippen molar-refractivity contribution in [2.45, 2.75) is 6.42 Å². The monoisotopic (exact) mass is 244 g/mol. The molecule has 0 saturated heterocycles. The lowest BCUT2D eigenvalue weighted by Crippen LogP contribution is -2.20. The molecule has 1 heterocycles. The lowest BCUT2D eigenvalue weighted by atomic mass is 10.4. The van der Waals surface area contributed by atoms with Crippen LogP contribution < -0.4 is 5.32 Å². The second kappa shape index (κ2) is 5.52. The Labute approximate surface area is 96.2 Å². The first-order valence-electron chi connectivity index (χ1n) is 4.54. The van der Waals surface area contributed by atoms with Gasteiger partial charge in [-0.3, -0.25) is 14.9 Å². The van der Waals surface area contributed by atoms with Gasteiger partial charge in [0.2, 0.25) is 5.91 Å². The molecule has 16 heavy (non-hydrogen) atoms. The second-order valence-electron chi connectivity index (χ2n) is 3.36. The number of amides is 1. The van der Waals surface area contributed by atoms with Crippen LogP contribution in [0, 0.1) is 10.1 Å². The number of aromatic nitrogens is 1. The fraction of sp³-hybridized carbons (Fsp3) is 0.500. The maximum absolute atomic E-state index is 11.4. The van der Waals surface area contributed by atoms with E-state index in [0.29, 0.717) is 13.0 Å². The van der Waals surface area contributed by atoms with Crippen molar-refractivity contribution in [1.82, 2.24) is 9.88 Å². The van der Waals surface area contributed by atoms with Gasteiger partial charge >= 0.3 is 5.00 Å². The summed E-state index contributed by atoms with van der Waals surface area (Å²) < 4.78 is 0. The molecule has 0 saturated carbocycles. The van der Waals surface area contributed by atoms with E-state index in [-0.39, 0.29) is 16.0 Å². The fourth-order valence-electron chi connectivity index (χ4n) is 0.915. The number of thiazole rings is 1. The zero-order valence-electron chi connectivity index (χ0n) is 8.97. The van der Waals surface area contributed by atoms with Gasteiger partial charge in [-0.15, -0.1) is 0 Å². The standard InChI is InChI=1S/C8H12N4O3S/c1-11(2)4-3-6(13)10-8-9-5-7(16-8)12(14)15/h5H,3-4H2,1-2H3,(H,9,10,13). The number of rotatable bonds is 5. The number of carbonyl (C=O) groups excluding carboxylic acids is 1. The molecule has 0 atom stereocenters. The van der Waals surface area contributed by atoms with Gasteiger partial charge in [-0.1, -0.05) is 0 Å². The Balaban J connectivity index is 2.46. The number of hydrogen-bond acceptors (Lipinski definition) is 6. The van der Waals surface area contributed by atoms with Crippen LogP contribution in [0.4, 0.5) is 10.1 Å². The van der Waals surface area contributed by atoms with Crippen molar-refractivity contribution in [2.75, 3.05) is 26.0 Å².